The second kappa shape index (κ2) is 4.28. The molecule has 4 heteroatoms. The van der Waals surface area contributed by atoms with Crippen molar-refractivity contribution in [2.45, 2.75) is 39.4 Å². The fourth-order valence-corrected chi connectivity index (χ4v) is 2.94. The monoisotopic (exact) mass is 245 g/mol. The third kappa shape index (κ3) is 1.68. The summed E-state index contributed by atoms with van der Waals surface area (Å²) in [5.41, 5.74) is 3.32. The first-order valence-corrected chi connectivity index (χ1v) is 6.65. The summed E-state index contributed by atoms with van der Waals surface area (Å²) in [7, 11) is 0. The standard InChI is InChI=1S/C14H19N3O/c1-3-7-16-9-11-5-4-6-12-13(11)17(8-10(16)2)14(18)15-12/h4-6,10H,3,7-9H2,1-2H3,(H,15,18)/t10-/m0/s1. The molecular weight excluding hydrogens is 226 g/mol. The van der Waals surface area contributed by atoms with Gasteiger partial charge in [0, 0.05) is 19.1 Å². The number of hydrogen-bond acceptors (Lipinski definition) is 2. The minimum atomic E-state index is 0.0163. The molecule has 96 valence electrons. The Labute approximate surface area is 106 Å². The Morgan fingerprint density at radius 3 is 3.06 bits per heavy atom. The molecule has 1 aliphatic heterocycles. The number of H-pyrrole nitrogens is 1. The van der Waals surface area contributed by atoms with E-state index in [4.69, 9.17) is 0 Å². The van der Waals surface area contributed by atoms with E-state index in [9.17, 15) is 4.79 Å². The summed E-state index contributed by atoms with van der Waals surface area (Å²) in [4.78, 5) is 17.4. The molecule has 0 saturated heterocycles. The van der Waals surface area contributed by atoms with E-state index in [2.05, 4.69) is 29.8 Å². The maximum atomic E-state index is 12.0. The Bertz CT molecular complexity index is 625. The molecule has 0 amide bonds. The summed E-state index contributed by atoms with van der Waals surface area (Å²) in [6.45, 7) is 7.19. The second-order valence-corrected chi connectivity index (χ2v) is 5.17. The molecule has 1 N–H and O–H groups in total. The number of nitrogens with zero attached hydrogens (tertiary/aromatic N) is 2. The van der Waals surface area contributed by atoms with Crippen LogP contribution in [0.25, 0.3) is 11.0 Å². The lowest BCUT2D eigenvalue weighted by Crippen LogP contribution is -2.36. The van der Waals surface area contributed by atoms with Crippen molar-refractivity contribution < 1.29 is 0 Å². The zero-order valence-corrected chi connectivity index (χ0v) is 10.9. The molecule has 1 aromatic heterocycles. The maximum absolute atomic E-state index is 12.0. The average Bonchev–Trinajstić information content (AvgIpc) is 2.57. The zero-order valence-electron chi connectivity index (χ0n) is 10.9. The first-order chi connectivity index (χ1) is 8.70. The Hall–Kier alpha value is -1.55. The van der Waals surface area contributed by atoms with Crippen LogP contribution < -0.4 is 5.69 Å². The van der Waals surface area contributed by atoms with Crippen molar-refractivity contribution in [1.29, 1.82) is 0 Å². The first kappa shape index (κ1) is 11.5. The summed E-state index contributed by atoms with van der Waals surface area (Å²) in [6.07, 6.45) is 1.14. The first-order valence-electron chi connectivity index (χ1n) is 6.65. The van der Waals surface area contributed by atoms with E-state index < -0.39 is 0 Å². The molecule has 2 aromatic rings. The van der Waals surface area contributed by atoms with Crippen molar-refractivity contribution >= 4 is 11.0 Å². The quantitative estimate of drug-likeness (QED) is 0.878. The molecule has 0 unspecified atom stereocenters. The van der Waals surface area contributed by atoms with Gasteiger partial charge in [0.25, 0.3) is 0 Å². The van der Waals surface area contributed by atoms with Crippen LogP contribution in [0.3, 0.4) is 0 Å². The van der Waals surface area contributed by atoms with Crippen LogP contribution >= 0.6 is 0 Å². The van der Waals surface area contributed by atoms with Crippen molar-refractivity contribution in [1.82, 2.24) is 14.5 Å². The molecule has 1 aliphatic rings. The zero-order chi connectivity index (χ0) is 12.7. The van der Waals surface area contributed by atoms with Crippen LogP contribution in [0, 0.1) is 0 Å². The SMILES string of the molecule is CCCN1Cc2cccc3[nH]c(=O)n(c23)C[C@@H]1C. The van der Waals surface area contributed by atoms with Gasteiger partial charge in [0.1, 0.15) is 0 Å². The number of imidazole rings is 1. The van der Waals surface area contributed by atoms with Crippen LogP contribution in [0.2, 0.25) is 0 Å². The predicted octanol–water partition coefficient (Wildman–Crippen LogP) is 1.94. The van der Waals surface area contributed by atoms with Gasteiger partial charge in [-0.2, -0.15) is 0 Å². The highest BCUT2D eigenvalue weighted by molar-refractivity contribution is 5.79. The lowest BCUT2D eigenvalue weighted by atomic mass is 10.1. The number of nitrogens with one attached hydrogen (secondary N) is 1. The summed E-state index contributed by atoms with van der Waals surface area (Å²) in [5, 5.41) is 0. The van der Waals surface area contributed by atoms with E-state index in [0.717, 1.165) is 37.1 Å². The van der Waals surface area contributed by atoms with E-state index in [0.29, 0.717) is 6.04 Å². The average molecular weight is 245 g/mol. The molecule has 3 rings (SSSR count). The molecular formula is C14H19N3O. The molecule has 0 aliphatic carbocycles. The van der Waals surface area contributed by atoms with Gasteiger partial charge in [-0.3, -0.25) is 9.47 Å². The van der Waals surface area contributed by atoms with E-state index in [1.807, 2.05) is 16.7 Å². The lowest BCUT2D eigenvalue weighted by Gasteiger charge is -2.26. The Balaban J connectivity index is 2.17. The van der Waals surface area contributed by atoms with E-state index in [1.54, 1.807) is 0 Å². The highest BCUT2D eigenvalue weighted by atomic mass is 16.1. The summed E-state index contributed by atoms with van der Waals surface area (Å²) >= 11 is 0. The number of rotatable bonds is 2. The van der Waals surface area contributed by atoms with Crippen molar-refractivity contribution in [3.8, 4) is 0 Å². The Morgan fingerprint density at radius 1 is 1.44 bits per heavy atom. The molecule has 2 heterocycles. The molecule has 4 nitrogen and oxygen atoms in total. The number of aromatic nitrogens is 2. The van der Waals surface area contributed by atoms with Crippen molar-refractivity contribution in [3.05, 3.63) is 34.2 Å². The lowest BCUT2D eigenvalue weighted by molar-refractivity contribution is 0.189. The molecule has 0 radical (unpaired) electrons. The molecule has 0 fully saturated rings. The predicted molar refractivity (Wildman–Crippen MR) is 72.7 cm³/mol. The van der Waals surface area contributed by atoms with Crippen LogP contribution in [0.1, 0.15) is 25.8 Å². The number of aromatic amines is 1. The smallest absolute Gasteiger partial charge is 0.306 e. The minimum absolute atomic E-state index is 0.0163. The largest absolute Gasteiger partial charge is 0.326 e. The van der Waals surface area contributed by atoms with Gasteiger partial charge in [0.2, 0.25) is 0 Å². The summed E-state index contributed by atoms with van der Waals surface area (Å²) < 4.78 is 1.89. The summed E-state index contributed by atoms with van der Waals surface area (Å²) in [5.74, 6) is 0. The fraction of sp³-hybridized carbons (Fsp3) is 0.500. The fourth-order valence-electron chi connectivity index (χ4n) is 2.94. The van der Waals surface area contributed by atoms with Gasteiger partial charge in [-0.1, -0.05) is 19.1 Å². The molecule has 0 saturated carbocycles. The van der Waals surface area contributed by atoms with Gasteiger partial charge in [-0.15, -0.1) is 0 Å². The third-order valence-electron chi connectivity index (χ3n) is 3.83. The van der Waals surface area contributed by atoms with Crippen LogP contribution in [0.5, 0.6) is 0 Å². The molecule has 1 atom stereocenters. The van der Waals surface area contributed by atoms with Gasteiger partial charge < -0.3 is 4.98 Å². The van der Waals surface area contributed by atoms with Crippen LogP contribution in [0.4, 0.5) is 0 Å². The third-order valence-corrected chi connectivity index (χ3v) is 3.83. The molecule has 0 spiro atoms. The number of hydrogen-bond donors (Lipinski definition) is 1. The highest BCUT2D eigenvalue weighted by Crippen LogP contribution is 2.23. The number of para-hydroxylation sites is 1. The van der Waals surface area contributed by atoms with Gasteiger partial charge >= 0.3 is 5.69 Å². The second-order valence-electron chi connectivity index (χ2n) is 5.17. The van der Waals surface area contributed by atoms with E-state index in [-0.39, 0.29) is 5.69 Å². The van der Waals surface area contributed by atoms with E-state index in [1.165, 1.54) is 5.56 Å². The highest BCUT2D eigenvalue weighted by Gasteiger charge is 2.22. The van der Waals surface area contributed by atoms with Crippen LogP contribution in [0.15, 0.2) is 23.0 Å². The van der Waals surface area contributed by atoms with Gasteiger partial charge in [0.05, 0.1) is 11.0 Å². The molecule has 18 heavy (non-hydrogen) atoms. The van der Waals surface area contributed by atoms with Gasteiger partial charge in [-0.25, -0.2) is 4.79 Å². The summed E-state index contributed by atoms with van der Waals surface area (Å²) in [6, 6.07) is 6.54. The number of benzene rings is 1. The van der Waals surface area contributed by atoms with Crippen LogP contribution in [-0.4, -0.2) is 27.0 Å². The van der Waals surface area contributed by atoms with Gasteiger partial charge in [-0.05, 0) is 31.5 Å². The molecule has 1 aromatic carbocycles. The van der Waals surface area contributed by atoms with E-state index >= 15 is 0 Å². The normalized spacial score (nSPS) is 20.2. The van der Waals surface area contributed by atoms with Crippen LogP contribution in [-0.2, 0) is 13.1 Å². The van der Waals surface area contributed by atoms with Crippen molar-refractivity contribution in [2.24, 2.45) is 0 Å². The molecule has 0 bridgehead atoms. The topological polar surface area (TPSA) is 41.0 Å². The van der Waals surface area contributed by atoms with Crippen molar-refractivity contribution in [3.63, 3.8) is 0 Å². The Kier molecular flexibility index (Phi) is 2.74. The van der Waals surface area contributed by atoms with Gasteiger partial charge in [0.15, 0.2) is 0 Å². The Morgan fingerprint density at radius 2 is 2.28 bits per heavy atom. The maximum Gasteiger partial charge on any atom is 0.326 e. The minimum Gasteiger partial charge on any atom is -0.306 e. The van der Waals surface area contributed by atoms with Crippen molar-refractivity contribution in [2.75, 3.05) is 6.54 Å².